The summed E-state index contributed by atoms with van der Waals surface area (Å²) >= 11 is 8.33. The number of rotatable bonds is 21. The zero-order valence-electron chi connectivity index (χ0n) is 46.7. The Morgan fingerprint density at radius 1 is 0.770 bits per heavy atom. The third-order valence-electron chi connectivity index (χ3n) is 13.5. The van der Waals surface area contributed by atoms with Crippen molar-refractivity contribution < 1.29 is 88.9 Å². The van der Waals surface area contributed by atoms with Crippen LogP contribution in [0.1, 0.15) is 71.4 Å². The number of nitrogens with zero attached hydrogens (tertiary/aromatic N) is 8. The van der Waals surface area contributed by atoms with Crippen LogP contribution in [0.3, 0.4) is 0 Å². The number of hydrogen-bond acceptors (Lipinski definition) is 26. The van der Waals surface area contributed by atoms with Gasteiger partial charge in [0.25, 0.3) is 0 Å². The van der Waals surface area contributed by atoms with Gasteiger partial charge in [-0.15, -0.1) is 0 Å². The summed E-state index contributed by atoms with van der Waals surface area (Å²) in [5.74, 6) is -3.84. The van der Waals surface area contributed by atoms with Crippen molar-refractivity contribution in [3.8, 4) is 0 Å². The van der Waals surface area contributed by atoms with Gasteiger partial charge in [0.15, 0.2) is 47.7 Å². The van der Waals surface area contributed by atoms with Gasteiger partial charge in [0.2, 0.25) is 23.6 Å². The standard InChI is InChI=1S/C48H63FN16O18P2S2/c1-5-30(67)63-32(22(2)3)43(69)62-26(7-6-13-53-47(52)71)42(68)61-25-10-8-24(9-11-25)15-76-48(72)75-14-12-27(60-23(4)66)46(70)81-37-36-29(80-45(37)65-21-59-34-39(51)55-19-57-41(34)65)17-78-84(73,86)82-35-28(16-77-85(74,87)83-36)79-44(31(35)49)64-20-58-33-38(50)54-18-56-40(33)64/h8-11,18-22,26-29,31-32,35-37,44-45H,5-7,12-17H2,1-4H3,(H,60,66)(H,61,68)(H,62,69)(H,63,67)(H,73,86)(H,74,87)(H2,50,54,56)(H2,51,55,57)(H3,52,53,71)/t26-,27-,28+,29+,31+,32-,35+,36+,37+,44+,45+,84+,85+/m0/s1. The van der Waals surface area contributed by atoms with Gasteiger partial charge in [0, 0.05) is 32.0 Å². The molecule has 87 heavy (non-hydrogen) atoms. The summed E-state index contributed by atoms with van der Waals surface area (Å²) in [6.45, 7) is -5.50. The van der Waals surface area contributed by atoms with Gasteiger partial charge in [-0.25, -0.2) is 57.8 Å². The van der Waals surface area contributed by atoms with E-state index < -0.39 is 143 Å². The Morgan fingerprint density at radius 3 is 1.94 bits per heavy atom. The maximum Gasteiger partial charge on any atom is 0.508 e. The molecule has 0 spiro atoms. The molecule has 0 aliphatic carbocycles. The van der Waals surface area contributed by atoms with E-state index in [-0.39, 0.29) is 78.2 Å². The van der Waals surface area contributed by atoms with Crippen LogP contribution < -0.4 is 43.8 Å². The van der Waals surface area contributed by atoms with Crippen molar-refractivity contribution >= 4 is 120 Å². The highest BCUT2D eigenvalue weighted by molar-refractivity contribution is 8.44. The largest absolute Gasteiger partial charge is 0.508 e. The van der Waals surface area contributed by atoms with E-state index in [2.05, 4.69) is 81.0 Å². The quantitative estimate of drug-likeness (QED) is 0.0218. The maximum absolute atomic E-state index is 16.5. The number of urea groups is 1. The summed E-state index contributed by atoms with van der Waals surface area (Å²) in [6, 6.07) is 1.69. The number of imidazole rings is 2. The Kier molecular flexibility index (Phi) is 21.6. The van der Waals surface area contributed by atoms with E-state index >= 15 is 4.39 Å². The topological polar surface area (TPSA) is 462 Å². The van der Waals surface area contributed by atoms with Crippen molar-refractivity contribution in [2.24, 2.45) is 11.7 Å². The first-order chi connectivity index (χ1) is 41.3. The summed E-state index contributed by atoms with van der Waals surface area (Å²) in [7, 11) is 0. The predicted octanol–water partition coefficient (Wildman–Crippen LogP) is 2.44. The molecular weight excluding hydrogens is 1230 g/mol. The molecule has 4 aromatic heterocycles. The first-order valence-electron chi connectivity index (χ1n) is 26.7. The van der Waals surface area contributed by atoms with Crippen LogP contribution in [0.4, 0.5) is 31.3 Å². The minimum Gasteiger partial charge on any atom is -0.453 e. The van der Waals surface area contributed by atoms with Crippen molar-refractivity contribution in [1.29, 1.82) is 0 Å². The highest BCUT2D eigenvalue weighted by atomic mass is 32.7. The molecule has 8 rings (SSSR count). The fourth-order valence-corrected chi connectivity index (χ4v) is 12.2. The molecule has 3 fully saturated rings. The third kappa shape index (κ3) is 16.6. The van der Waals surface area contributed by atoms with E-state index in [1.165, 1.54) is 46.1 Å². The molecule has 5 aromatic rings. The first-order valence-corrected chi connectivity index (χ1v) is 32.1. The lowest BCUT2D eigenvalue weighted by atomic mass is 10.0. The van der Waals surface area contributed by atoms with Crippen molar-refractivity contribution in [3.63, 3.8) is 0 Å². The van der Waals surface area contributed by atoms with Gasteiger partial charge in [0.05, 0.1) is 32.5 Å². The molecule has 3 aliphatic rings. The fraction of sp³-hybridized carbons (Fsp3) is 0.521. The first kappa shape index (κ1) is 65.6. The third-order valence-corrected chi connectivity index (χ3v) is 16.7. The SMILES string of the molecule is CCC(=O)N[C@H](C(=O)N[C@@H](CCCNC(N)=O)C(=O)Nc1ccc(COC(=O)OCC[C@H](NC(C)=O)C(=O)O[C@@H]2[C@@H]3O[P@](=O)(S)OC[C@H]4O[C@@H](n5cnc6c(N)ncnc65)[C@H](F)[C@@H]4O[P@](=O)(S)OC[C@H]3O[C@H]2n2cnc3c(N)ncnc32)cc1)C(C)C. The van der Waals surface area contributed by atoms with E-state index in [0.29, 0.717) is 11.3 Å². The molecule has 472 valence electrons. The van der Waals surface area contributed by atoms with Crippen LogP contribution in [0.5, 0.6) is 0 Å². The van der Waals surface area contributed by atoms with E-state index in [1.54, 1.807) is 20.8 Å². The van der Waals surface area contributed by atoms with E-state index in [9.17, 15) is 42.7 Å². The van der Waals surface area contributed by atoms with E-state index in [0.717, 1.165) is 19.6 Å². The molecule has 11 N–H and O–H groups in total. The molecule has 0 saturated carbocycles. The Hall–Kier alpha value is -7.34. The highest BCUT2D eigenvalue weighted by Crippen LogP contribution is 2.61. The number of ether oxygens (including phenoxy) is 5. The lowest BCUT2D eigenvalue weighted by molar-refractivity contribution is -0.162. The number of halogens is 1. The number of alkyl halides is 1. The van der Waals surface area contributed by atoms with Gasteiger partial charge in [-0.1, -0.05) is 57.4 Å². The van der Waals surface area contributed by atoms with E-state index in [1.807, 2.05) is 0 Å². The number of esters is 1. The van der Waals surface area contributed by atoms with E-state index in [4.69, 9.17) is 59.0 Å². The number of hydrogen-bond donors (Lipinski definition) is 10. The summed E-state index contributed by atoms with van der Waals surface area (Å²) in [4.78, 5) is 115. The lowest BCUT2D eigenvalue weighted by Gasteiger charge is -2.30. The molecule has 0 bridgehead atoms. The Balaban J connectivity index is 0.923. The van der Waals surface area contributed by atoms with Crippen molar-refractivity contribution in [2.75, 3.05) is 43.1 Å². The predicted molar refractivity (Wildman–Crippen MR) is 306 cm³/mol. The number of fused-ring (bicyclic) bond motifs is 4. The van der Waals surface area contributed by atoms with Crippen LogP contribution in [0.15, 0.2) is 49.6 Å². The number of nitrogen functional groups attached to an aromatic ring is 2. The number of carbonyl (C=O) groups is 7. The van der Waals surface area contributed by atoms with Crippen molar-refractivity contribution in [3.05, 3.63) is 55.1 Å². The summed E-state index contributed by atoms with van der Waals surface area (Å²) in [6.07, 6.45) is -10.1. The Labute approximate surface area is 504 Å². The minimum absolute atomic E-state index is 0.0118. The maximum atomic E-state index is 16.5. The van der Waals surface area contributed by atoms with Crippen LogP contribution in [-0.4, -0.2) is 162 Å². The molecule has 3 saturated heterocycles. The molecule has 1 aromatic carbocycles. The average Bonchev–Trinajstić information content (AvgIpc) is 1.80. The lowest BCUT2D eigenvalue weighted by Crippen LogP contribution is -2.54. The fourth-order valence-electron chi connectivity index (χ4n) is 9.24. The number of nitrogens with two attached hydrogens (primary N) is 3. The summed E-state index contributed by atoms with van der Waals surface area (Å²) in [5, 5.41) is 12.9. The number of anilines is 3. The molecule has 7 heterocycles. The Bertz CT molecular complexity index is 3450. The summed E-state index contributed by atoms with van der Waals surface area (Å²) < 4.78 is 99.2. The number of nitrogens with one attached hydrogen (secondary N) is 5. The second-order valence-corrected chi connectivity index (χ2v) is 25.8. The average molecular weight is 1300 g/mol. The molecule has 0 unspecified atom stereocenters. The van der Waals surface area contributed by atoms with Gasteiger partial charge in [-0.2, -0.15) is 0 Å². The molecule has 0 radical (unpaired) electrons. The van der Waals surface area contributed by atoms with Crippen LogP contribution in [-0.2, 0) is 81.5 Å². The zero-order valence-corrected chi connectivity index (χ0v) is 50.3. The van der Waals surface area contributed by atoms with Gasteiger partial charge in [0.1, 0.15) is 72.8 Å². The normalized spacial score (nSPS) is 25.7. The van der Waals surface area contributed by atoms with Crippen LogP contribution >= 0.6 is 38.1 Å². The molecule has 6 amide bonds. The highest BCUT2D eigenvalue weighted by Gasteiger charge is 2.56. The van der Waals surface area contributed by atoms with Gasteiger partial charge >= 0.3 is 31.8 Å². The minimum atomic E-state index is -4.71. The van der Waals surface area contributed by atoms with Crippen molar-refractivity contribution in [1.82, 2.24) is 60.3 Å². The second kappa shape index (κ2) is 28.7. The second-order valence-electron chi connectivity index (χ2n) is 20.1. The van der Waals surface area contributed by atoms with Gasteiger partial charge < -0.3 is 67.5 Å². The number of carbonyl (C=O) groups excluding carboxylic acids is 7. The van der Waals surface area contributed by atoms with Crippen molar-refractivity contribution in [2.45, 2.75) is 127 Å². The smallest absolute Gasteiger partial charge is 0.453 e. The Morgan fingerprint density at radius 2 is 1.36 bits per heavy atom. The van der Waals surface area contributed by atoms with Crippen LogP contribution in [0, 0.1) is 5.92 Å². The number of benzene rings is 1. The number of thiol groups is 2. The number of aromatic nitrogens is 8. The molecular formula is C48H63FN16O18P2S2. The molecule has 39 heteroatoms. The van der Waals surface area contributed by atoms with Gasteiger partial charge in [-0.3, -0.25) is 46.4 Å². The van der Waals surface area contributed by atoms with Gasteiger partial charge in [-0.05, 0) is 36.5 Å². The monoisotopic (exact) mass is 1300 g/mol. The summed E-state index contributed by atoms with van der Waals surface area (Å²) in [5.41, 5.74) is 18.2. The number of amides is 6. The van der Waals surface area contributed by atoms with Crippen LogP contribution in [0.25, 0.3) is 22.3 Å². The molecule has 3 aliphatic heterocycles. The zero-order chi connectivity index (χ0) is 62.9. The number of primary amides is 1. The van der Waals surface area contributed by atoms with Crippen LogP contribution in [0.2, 0.25) is 0 Å². The molecule has 34 nitrogen and oxygen atoms in total. The molecule has 13 atom stereocenters.